The Hall–Kier alpha value is -2.47. The van der Waals surface area contributed by atoms with E-state index in [4.69, 9.17) is 14.2 Å². The number of halogens is 1. The van der Waals surface area contributed by atoms with Crippen LogP contribution in [-0.2, 0) is 0 Å². The molecular weight excluding hydrogens is 355 g/mol. The third-order valence-electron chi connectivity index (χ3n) is 3.97. The molecule has 1 aliphatic rings. The van der Waals surface area contributed by atoms with Gasteiger partial charge < -0.3 is 14.2 Å². The Morgan fingerprint density at radius 3 is 2.46 bits per heavy atom. The van der Waals surface area contributed by atoms with Crippen molar-refractivity contribution in [2.24, 2.45) is 0 Å². The number of ketones is 1. The molecule has 4 nitrogen and oxygen atoms in total. The number of carbonyl (C=O) groups excluding carboxylic acids is 1. The molecule has 0 saturated carbocycles. The normalized spacial score (nSPS) is 14.9. The van der Waals surface area contributed by atoms with Crippen molar-refractivity contribution in [1.29, 1.82) is 0 Å². The minimum absolute atomic E-state index is 0.162. The molecule has 0 N–H and O–H groups in total. The van der Waals surface area contributed by atoms with Crippen molar-refractivity contribution in [2.45, 2.75) is 11.8 Å². The minimum atomic E-state index is -0.414. The number of hydrogen-bond donors (Lipinski definition) is 0. The van der Waals surface area contributed by atoms with Crippen LogP contribution < -0.4 is 14.2 Å². The Morgan fingerprint density at radius 1 is 1.15 bits per heavy atom. The zero-order valence-electron chi connectivity index (χ0n) is 14.8. The number of methoxy groups -OCH3 is 2. The average Bonchev–Trinajstić information content (AvgIpc) is 2.65. The van der Waals surface area contributed by atoms with Crippen molar-refractivity contribution in [3.05, 3.63) is 52.8 Å². The fourth-order valence-corrected chi connectivity index (χ4v) is 3.77. The fourth-order valence-electron chi connectivity index (χ4n) is 2.78. The third-order valence-corrected chi connectivity index (χ3v) is 5.10. The lowest BCUT2D eigenvalue weighted by molar-refractivity contribution is 0.103. The number of hydrogen-bond acceptors (Lipinski definition) is 5. The first-order valence-electron chi connectivity index (χ1n) is 8.13. The van der Waals surface area contributed by atoms with E-state index in [2.05, 4.69) is 0 Å². The lowest BCUT2D eigenvalue weighted by Crippen LogP contribution is -2.12. The smallest absolute Gasteiger partial charge is 0.203 e. The zero-order valence-corrected chi connectivity index (χ0v) is 15.6. The summed E-state index contributed by atoms with van der Waals surface area (Å²) in [7, 11) is 3.10. The monoisotopic (exact) mass is 374 g/mol. The van der Waals surface area contributed by atoms with Crippen molar-refractivity contribution in [3.63, 3.8) is 0 Å². The van der Waals surface area contributed by atoms with E-state index in [0.717, 1.165) is 10.5 Å². The van der Waals surface area contributed by atoms with Crippen molar-refractivity contribution in [3.8, 4) is 17.2 Å². The van der Waals surface area contributed by atoms with Crippen LogP contribution in [-0.4, -0.2) is 32.4 Å². The lowest BCUT2D eigenvalue weighted by Gasteiger charge is -2.18. The highest BCUT2D eigenvalue weighted by Crippen LogP contribution is 2.40. The highest BCUT2D eigenvalue weighted by molar-refractivity contribution is 7.99. The molecule has 6 heteroatoms. The maximum atomic E-state index is 13.5. The molecule has 3 rings (SSSR count). The largest absolute Gasteiger partial charge is 0.493 e. The summed E-state index contributed by atoms with van der Waals surface area (Å²) in [5.74, 6) is 1.53. The van der Waals surface area contributed by atoms with Crippen LogP contribution in [0.3, 0.4) is 0 Å². The summed E-state index contributed by atoms with van der Waals surface area (Å²) < 4.78 is 29.9. The quantitative estimate of drug-likeness (QED) is 0.715. The first-order valence-corrected chi connectivity index (χ1v) is 9.12. The van der Waals surface area contributed by atoms with Gasteiger partial charge in [0.25, 0.3) is 0 Å². The summed E-state index contributed by atoms with van der Waals surface area (Å²) in [4.78, 5) is 13.5. The van der Waals surface area contributed by atoms with E-state index in [9.17, 15) is 9.18 Å². The SMILES string of the molecule is CCOc1c(OC)cc(/C=C2\CSc3ccc(F)cc3C2=O)cc1OC. The molecule has 0 radical (unpaired) electrons. The summed E-state index contributed by atoms with van der Waals surface area (Å²) in [5, 5.41) is 0. The molecule has 0 aliphatic carbocycles. The Morgan fingerprint density at radius 2 is 1.85 bits per heavy atom. The van der Waals surface area contributed by atoms with Gasteiger partial charge in [0.1, 0.15) is 5.82 Å². The minimum Gasteiger partial charge on any atom is -0.493 e. The van der Waals surface area contributed by atoms with Crippen molar-refractivity contribution in [2.75, 3.05) is 26.6 Å². The lowest BCUT2D eigenvalue weighted by atomic mass is 10.0. The molecule has 136 valence electrons. The van der Waals surface area contributed by atoms with Gasteiger partial charge in [-0.1, -0.05) is 0 Å². The predicted octanol–water partition coefficient (Wildman–Crippen LogP) is 4.61. The molecule has 0 fully saturated rings. The van der Waals surface area contributed by atoms with Crippen LogP contribution in [0.5, 0.6) is 17.2 Å². The van der Waals surface area contributed by atoms with E-state index in [0.29, 0.717) is 40.7 Å². The van der Waals surface area contributed by atoms with Crippen LogP contribution in [0, 0.1) is 5.82 Å². The number of benzene rings is 2. The number of fused-ring (bicyclic) bond motifs is 1. The summed E-state index contributed by atoms with van der Waals surface area (Å²) in [6.07, 6.45) is 1.78. The van der Waals surface area contributed by atoms with Gasteiger partial charge in [0.05, 0.1) is 20.8 Å². The molecule has 0 spiro atoms. The first kappa shape index (κ1) is 18.3. The second-order valence-corrected chi connectivity index (χ2v) is 6.63. The first-order chi connectivity index (χ1) is 12.6. The van der Waals surface area contributed by atoms with Gasteiger partial charge in [0.2, 0.25) is 5.75 Å². The van der Waals surface area contributed by atoms with Crippen LogP contribution in [0.15, 0.2) is 40.8 Å². The van der Waals surface area contributed by atoms with Crippen LogP contribution in [0.2, 0.25) is 0 Å². The van der Waals surface area contributed by atoms with E-state index in [1.807, 2.05) is 6.92 Å². The molecule has 0 aromatic heterocycles. The average molecular weight is 374 g/mol. The van der Waals surface area contributed by atoms with E-state index in [1.54, 1.807) is 38.5 Å². The van der Waals surface area contributed by atoms with E-state index in [-0.39, 0.29) is 5.78 Å². The number of thioether (sulfide) groups is 1. The highest BCUT2D eigenvalue weighted by Gasteiger charge is 2.23. The standard InChI is InChI=1S/C20H19FO4S/c1-4-25-20-16(23-2)8-12(9-17(20)24-3)7-13-11-26-18-6-5-14(21)10-15(18)19(13)22/h5-10H,4,11H2,1-3H3/b13-7+. The summed E-state index contributed by atoms with van der Waals surface area (Å²) >= 11 is 1.52. The van der Waals surface area contributed by atoms with Gasteiger partial charge in [-0.05, 0) is 48.9 Å². The molecule has 0 amide bonds. The Bertz CT molecular complexity index is 851. The molecule has 0 atom stereocenters. The van der Waals surface area contributed by atoms with Gasteiger partial charge in [0.15, 0.2) is 17.3 Å². The van der Waals surface area contributed by atoms with E-state index in [1.165, 1.54) is 23.9 Å². The van der Waals surface area contributed by atoms with Gasteiger partial charge in [-0.2, -0.15) is 0 Å². The van der Waals surface area contributed by atoms with Crippen LogP contribution in [0.25, 0.3) is 6.08 Å². The van der Waals surface area contributed by atoms with Crippen LogP contribution in [0.1, 0.15) is 22.8 Å². The molecule has 2 aromatic carbocycles. The van der Waals surface area contributed by atoms with E-state index < -0.39 is 5.82 Å². The third kappa shape index (κ3) is 3.55. The van der Waals surface area contributed by atoms with E-state index >= 15 is 0 Å². The van der Waals surface area contributed by atoms with Gasteiger partial charge in [0, 0.05) is 21.8 Å². The maximum absolute atomic E-state index is 13.5. The Balaban J connectivity index is 2.01. The number of Topliss-reactive ketones (excluding diaryl/α,β-unsaturated/α-hetero) is 1. The molecule has 26 heavy (non-hydrogen) atoms. The van der Waals surface area contributed by atoms with Crippen molar-refractivity contribution < 1.29 is 23.4 Å². The van der Waals surface area contributed by atoms with Crippen molar-refractivity contribution >= 4 is 23.6 Å². The fraction of sp³-hybridized carbons (Fsp3) is 0.250. The van der Waals surface area contributed by atoms with Gasteiger partial charge in [-0.3, -0.25) is 4.79 Å². The number of ether oxygens (including phenoxy) is 3. The van der Waals surface area contributed by atoms with Crippen molar-refractivity contribution in [1.82, 2.24) is 0 Å². The Kier molecular flexibility index (Phi) is 5.52. The summed E-state index contributed by atoms with van der Waals surface area (Å²) in [5.41, 5.74) is 1.75. The zero-order chi connectivity index (χ0) is 18.7. The second kappa shape index (κ2) is 7.83. The molecule has 0 unspecified atom stereocenters. The molecular formula is C20H19FO4S. The predicted molar refractivity (Wildman–Crippen MR) is 100 cm³/mol. The topological polar surface area (TPSA) is 44.8 Å². The van der Waals surface area contributed by atoms with Crippen LogP contribution in [0.4, 0.5) is 4.39 Å². The molecule has 0 bridgehead atoms. The molecule has 1 aliphatic heterocycles. The summed E-state index contributed by atoms with van der Waals surface area (Å²) in [6.45, 7) is 2.36. The Labute approximate surface area is 156 Å². The number of rotatable bonds is 5. The molecule has 1 heterocycles. The number of carbonyl (C=O) groups is 1. The summed E-state index contributed by atoms with van der Waals surface area (Å²) in [6, 6.07) is 7.89. The molecule has 2 aromatic rings. The van der Waals surface area contributed by atoms with Gasteiger partial charge >= 0.3 is 0 Å². The second-order valence-electron chi connectivity index (χ2n) is 5.62. The maximum Gasteiger partial charge on any atom is 0.203 e. The highest BCUT2D eigenvalue weighted by atomic mass is 32.2. The van der Waals surface area contributed by atoms with Crippen LogP contribution >= 0.6 is 11.8 Å². The van der Waals surface area contributed by atoms with Gasteiger partial charge in [-0.15, -0.1) is 11.8 Å². The van der Waals surface area contributed by atoms with Gasteiger partial charge in [-0.25, -0.2) is 4.39 Å². The molecule has 0 saturated heterocycles.